The van der Waals surface area contributed by atoms with E-state index in [9.17, 15) is 14.9 Å². The lowest BCUT2D eigenvalue weighted by Gasteiger charge is -2.12. The van der Waals surface area contributed by atoms with E-state index in [0.717, 1.165) is 12.8 Å². The van der Waals surface area contributed by atoms with E-state index in [-0.39, 0.29) is 17.3 Å². The van der Waals surface area contributed by atoms with Gasteiger partial charge < -0.3 is 10.6 Å². The highest BCUT2D eigenvalue weighted by molar-refractivity contribution is 6.31. The van der Waals surface area contributed by atoms with Crippen LogP contribution in [0.5, 0.6) is 0 Å². The Kier molecular flexibility index (Phi) is 4.66. The van der Waals surface area contributed by atoms with E-state index in [4.69, 9.17) is 11.6 Å². The molecule has 0 aliphatic heterocycles. The first-order valence-corrected chi connectivity index (χ1v) is 8.90. The minimum atomic E-state index is -0.498. The maximum absolute atomic E-state index is 12.7. The summed E-state index contributed by atoms with van der Waals surface area (Å²) in [5.74, 6) is -0.496. The standard InChI is InChI=1S/C18H15ClN6O3/c19-12-2-6-16(24-10-20-9-21-24)15(8-12)23-18(26)11-1-5-14(22-13-3-4-13)17(7-11)25(27)28/h1-2,5-10,13,22H,3-4H2,(H,23,26). The highest BCUT2D eigenvalue weighted by Crippen LogP contribution is 2.32. The van der Waals surface area contributed by atoms with Crippen LogP contribution >= 0.6 is 11.6 Å². The quantitative estimate of drug-likeness (QED) is 0.483. The fourth-order valence-electron chi connectivity index (χ4n) is 2.73. The first kappa shape index (κ1) is 17.9. The van der Waals surface area contributed by atoms with Crippen molar-refractivity contribution in [3.63, 3.8) is 0 Å². The zero-order valence-corrected chi connectivity index (χ0v) is 15.3. The fraction of sp³-hybridized carbons (Fsp3) is 0.167. The smallest absolute Gasteiger partial charge is 0.293 e. The van der Waals surface area contributed by atoms with Crippen molar-refractivity contribution in [3.05, 3.63) is 69.8 Å². The average molecular weight is 399 g/mol. The first-order valence-electron chi connectivity index (χ1n) is 8.52. The molecule has 0 bridgehead atoms. The molecule has 9 nitrogen and oxygen atoms in total. The number of rotatable bonds is 6. The van der Waals surface area contributed by atoms with Gasteiger partial charge in [0.2, 0.25) is 0 Å². The van der Waals surface area contributed by atoms with Crippen molar-refractivity contribution in [1.29, 1.82) is 0 Å². The minimum Gasteiger partial charge on any atom is -0.377 e. The summed E-state index contributed by atoms with van der Waals surface area (Å²) in [7, 11) is 0. The number of aromatic nitrogens is 3. The predicted molar refractivity (Wildman–Crippen MR) is 104 cm³/mol. The van der Waals surface area contributed by atoms with Crippen LogP contribution < -0.4 is 10.6 Å². The fourth-order valence-corrected chi connectivity index (χ4v) is 2.90. The second-order valence-electron chi connectivity index (χ2n) is 6.36. The summed E-state index contributed by atoms with van der Waals surface area (Å²) in [5.41, 5.74) is 1.41. The van der Waals surface area contributed by atoms with Gasteiger partial charge in [0.15, 0.2) is 0 Å². The number of carbonyl (C=O) groups is 1. The Morgan fingerprint density at radius 3 is 2.71 bits per heavy atom. The van der Waals surface area contributed by atoms with Gasteiger partial charge in [-0.3, -0.25) is 14.9 Å². The molecule has 1 fully saturated rings. The number of carbonyl (C=O) groups excluding carboxylic acids is 1. The van der Waals surface area contributed by atoms with E-state index >= 15 is 0 Å². The van der Waals surface area contributed by atoms with Crippen LogP contribution in [0.25, 0.3) is 5.69 Å². The predicted octanol–water partition coefficient (Wildman–Crippen LogP) is 3.66. The summed E-state index contributed by atoms with van der Waals surface area (Å²) in [6, 6.07) is 9.56. The van der Waals surface area contributed by atoms with Crippen LogP contribution in [0.1, 0.15) is 23.2 Å². The van der Waals surface area contributed by atoms with Crippen LogP contribution in [0, 0.1) is 10.1 Å². The SMILES string of the molecule is O=C(Nc1cc(Cl)ccc1-n1cncn1)c1ccc(NC2CC2)c([N+](=O)[O-])c1. The normalized spacial score (nSPS) is 13.2. The molecule has 3 aromatic rings. The van der Waals surface area contributed by atoms with Crippen LogP contribution in [0.15, 0.2) is 49.1 Å². The van der Waals surface area contributed by atoms with E-state index in [2.05, 4.69) is 20.7 Å². The Bertz CT molecular complexity index is 1050. The van der Waals surface area contributed by atoms with Gasteiger partial charge in [0.05, 0.1) is 16.3 Å². The Labute approximate surface area is 164 Å². The van der Waals surface area contributed by atoms with Crippen molar-refractivity contribution in [1.82, 2.24) is 14.8 Å². The van der Waals surface area contributed by atoms with Crippen LogP contribution in [-0.4, -0.2) is 31.6 Å². The molecule has 1 aromatic heterocycles. The topological polar surface area (TPSA) is 115 Å². The maximum atomic E-state index is 12.7. The van der Waals surface area contributed by atoms with Gasteiger partial charge in [0.1, 0.15) is 18.3 Å². The molecule has 1 amide bonds. The molecule has 142 valence electrons. The lowest BCUT2D eigenvalue weighted by atomic mass is 10.1. The second-order valence-corrected chi connectivity index (χ2v) is 6.80. The Morgan fingerprint density at radius 2 is 2.04 bits per heavy atom. The number of benzene rings is 2. The first-order chi connectivity index (χ1) is 13.5. The number of hydrogen-bond donors (Lipinski definition) is 2. The zero-order valence-electron chi connectivity index (χ0n) is 14.5. The maximum Gasteiger partial charge on any atom is 0.293 e. The van der Waals surface area contributed by atoms with Crippen molar-refractivity contribution in [2.75, 3.05) is 10.6 Å². The monoisotopic (exact) mass is 398 g/mol. The van der Waals surface area contributed by atoms with E-state index in [1.54, 1.807) is 30.3 Å². The molecule has 1 aliphatic rings. The van der Waals surface area contributed by atoms with Gasteiger partial charge in [-0.15, -0.1) is 0 Å². The van der Waals surface area contributed by atoms with Gasteiger partial charge in [-0.2, -0.15) is 5.10 Å². The van der Waals surface area contributed by atoms with Crippen LogP contribution in [0.4, 0.5) is 17.1 Å². The van der Waals surface area contributed by atoms with Gasteiger partial charge in [-0.05, 0) is 43.2 Å². The third-order valence-electron chi connectivity index (χ3n) is 4.27. The lowest BCUT2D eigenvalue weighted by molar-refractivity contribution is -0.384. The van der Waals surface area contributed by atoms with Crippen molar-refractivity contribution in [2.24, 2.45) is 0 Å². The summed E-state index contributed by atoms with van der Waals surface area (Å²) in [6.07, 6.45) is 4.83. The third kappa shape index (κ3) is 3.79. The number of anilines is 2. The Morgan fingerprint density at radius 1 is 1.21 bits per heavy atom. The van der Waals surface area contributed by atoms with Crippen molar-refractivity contribution >= 4 is 34.6 Å². The van der Waals surface area contributed by atoms with E-state index in [1.807, 2.05) is 0 Å². The molecular weight excluding hydrogens is 384 g/mol. The molecule has 10 heteroatoms. The molecule has 1 aliphatic carbocycles. The number of nitrogens with zero attached hydrogens (tertiary/aromatic N) is 4. The molecule has 1 saturated carbocycles. The molecule has 0 spiro atoms. The number of amides is 1. The van der Waals surface area contributed by atoms with Gasteiger partial charge in [-0.1, -0.05) is 11.6 Å². The number of nitro benzene ring substituents is 1. The van der Waals surface area contributed by atoms with E-state index in [0.29, 0.717) is 22.1 Å². The average Bonchev–Trinajstić information content (AvgIpc) is 3.31. The summed E-state index contributed by atoms with van der Waals surface area (Å²) in [4.78, 5) is 27.5. The molecule has 0 atom stereocenters. The van der Waals surface area contributed by atoms with Crippen LogP contribution in [0.2, 0.25) is 5.02 Å². The van der Waals surface area contributed by atoms with Gasteiger partial charge in [0, 0.05) is 22.7 Å². The van der Waals surface area contributed by atoms with Crippen LogP contribution in [0.3, 0.4) is 0 Å². The number of hydrogen-bond acceptors (Lipinski definition) is 6. The summed E-state index contributed by atoms with van der Waals surface area (Å²) < 4.78 is 1.48. The molecular formula is C18H15ClN6O3. The molecule has 2 N–H and O–H groups in total. The summed E-state index contributed by atoms with van der Waals surface area (Å²) >= 11 is 6.06. The van der Waals surface area contributed by atoms with Gasteiger partial charge in [-0.25, -0.2) is 9.67 Å². The van der Waals surface area contributed by atoms with Gasteiger partial charge >= 0.3 is 0 Å². The lowest BCUT2D eigenvalue weighted by Crippen LogP contribution is -2.15. The molecule has 0 saturated heterocycles. The minimum absolute atomic E-state index is 0.137. The van der Waals surface area contributed by atoms with E-state index in [1.165, 1.54) is 23.4 Å². The van der Waals surface area contributed by atoms with Crippen molar-refractivity contribution in [3.8, 4) is 5.69 Å². The number of nitrogens with one attached hydrogen (secondary N) is 2. The Balaban J connectivity index is 1.63. The molecule has 28 heavy (non-hydrogen) atoms. The molecule has 0 radical (unpaired) electrons. The van der Waals surface area contributed by atoms with Crippen molar-refractivity contribution in [2.45, 2.75) is 18.9 Å². The molecule has 2 aromatic carbocycles. The third-order valence-corrected chi connectivity index (χ3v) is 4.50. The summed E-state index contributed by atoms with van der Waals surface area (Å²) in [5, 5.41) is 21.7. The summed E-state index contributed by atoms with van der Waals surface area (Å²) in [6.45, 7) is 0. The largest absolute Gasteiger partial charge is 0.377 e. The van der Waals surface area contributed by atoms with Crippen molar-refractivity contribution < 1.29 is 9.72 Å². The highest BCUT2D eigenvalue weighted by Gasteiger charge is 2.25. The molecule has 0 unspecified atom stereocenters. The molecule has 1 heterocycles. The Hall–Kier alpha value is -3.46. The number of halogens is 1. The zero-order chi connectivity index (χ0) is 19.7. The van der Waals surface area contributed by atoms with Gasteiger partial charge in [0.25, 0.3) is 11.6 Å². The second kappa shape index (κ2) is 7.28. The molecule has 4 rings (SSSR count). The number of nitro groups is 1. The van der Waals surface area contributed by atoms with Crippen LogP contribution in [-0.2, 0) is 0 Å². The highest BCUT2D eigenvalue weighted by atomic mass is 35.5. The van der Waals surface area contributed by atoms with E-state index < -0.39 is 10.8 Å².